The molecule has 0 aliphatic carbocycles. The van der Waals surface area contributed by atoms with Crippen molar-refractivity contribution in [2.45, 2.75) is 6.54 Å². The first-order chi connectivity index (χ1) is 10.2. The second-order valence-corrected chi connectivity index (χ2v) is 4.59. The second kappa shape index (κ2) is 5.76. The van der Waals surface area contributed by atoms with E-state index in [1.165, 1.54) is 11.0 Å². The Kier molecular flexibility index (Phi) is 3.65. The molecule has 3 rings (SSSR count). The Bertz CT molecular complexity index is 740. The number of carbonyl (C=O) groups excluding carboxylic acids is 1. The molecule has 0 bridgehead atoms. The lowest BCUT2D eigenvalue weighted by molar-refractivity contribution is 0.0948. The minimum Gasteiger partial charge on any atom is -0.467 e. The maximum atomic E-state index is 12.2. The van der Waals surface area contributed by atoms with Crippen LogP contribution in [0.4, 0.5) is 0 Å². The predicted molar refractivity (Wildman–Crippen MR) is 74.0 cm³/mol. The van der Waals surface area contributed by atoms with E-state index in [0.29, 0.717) is 22.0 Å². The highest BCUT2D eigenvalue weighted by Crippen LogP contribution is 2.19. The highest BCUT2D eigenvalue weighted by atomic mass is 35.5. The number of hydrogen-bond acceptors (Lipinski definition) is 5. The van der Waals surface area contributed by atoms with E-state index in [-0.39, 0.29) is 12.5 Å². The molecule has 2 heterocycles. The van der Waals surface area contributed by atoms with Gasteiger partial charge in [-0.2, -0.15) is 0 Å². The first kappa shape index (κ1) is 13.3. The summed E-state index contributed by atoms with van der Waals surface area (Å²) in [6.45, 7) is 0.289. The Morgan fingerprint density at radius 1 is 1.38 bits per heavy atom. The smallest absolute Gasteiger partial charge is 0.253 e. The maximum absolute atomic E-state index is 12.2. The molecule has 1 aromatic carbocycles. The normalized spacial score (nSPS) is 10.5. The molecule has 1 amide bonds. The first-order valence-electron chi connectivity index (χ1n) is 6.07. The predicted octanol–water partition coefficient (Wildman–Crippen LogP) is 1.84. The standard InChI is InChI=1S/C13H10ClN5O2/c14-12-4-3-9(19-8-16-17-18-19)6-11(12)13(20)15-7-10-2-1-5-21-10/h1-6,8H,7H2,(H,15,20). The lowest BCUT2D eigenvalue weighted by Gasteiger charge is -2.07. The average molecular weight is 304 g/mol. The van der Waals surface area contributed by atoms with E-state index in [0.717, 1.165) is 0 Å². The summed E-state index contributed by atoms with van der Waals surface area (Å²) in [6.07, 6.45) is 2.99. The summed E-state index contributed by atoms with van der Waals surface area (Å²) in [4.78, 5) is 12.2. The molecule has 0 aliphatic rings. The van der Waals surface area contributed by atoms with Crippen molar-refractivity contribution in [2.75, 3.05) is 0 Å². The van der Waals surface area contributed by atoms with Gasteiger partial charge in [0, 0.05) is 0 Å². The van der Waals surface area contributed by atoms with Gasteiger partial charge in [-0.25, -0.2) is 4.68 Å². The van der Waals surface area contributed by atoms with Gasteiger partial charge in [-0.1, -0.05) is 11.6 Å². The number of furan rings is 1. The number of amides is 1. The molecular formula is C13H10ClN5O2. The monoisotopic (exact) mass is 303 g/mol. The summed E-state index contributed by atoms with van der Waals surface area (Å²) in [6, 6.07) is 8.50. The van der Waals surface area contributed by atoms with Gasteiger partial charge in [0.15, 0.2) is 0 Å². The van der Waals surface area contributed by atoms with Crippen LogP contribution in [0.2, 0.25) is 5.02 Å². The van der Waals surface area contributed by atoms with Gasteiger partial charge in [-0.05, 0) is 40.8 Å². The summed E-state index contributed by atoms with van der Waals surface area (Å²) in [5.74, 6) is 0.363. The molecule has 0 saturated carbocycles. The molecule has 0 aliphatic heterocycles. The highest BCUT2D eigenvalue weighted by molar-refractivity contribution is 6.33. The minimum atomic E-state index is -0.300. The van der Waals surface area contributed by atoms with Gasteiger partial charge in [-0.3, -0.25) is 4.79 Å². The number of rotatable bonds is 4. The molecule has 0 radical (unpaired) electrons. The number of hydrogen-bond donors (Lipinski definition) is 1. The van der Waals surface area contributed by atoms with Gasteiger partial charge in [0.2, 0.25) is 0 Å². The van der Waals surface area contributed by atoms with E-state index in [9.17, 15) is 4.79 Å². The van der Waals surface area contributed by atoms with Crippen LogP contribution >= 0.6 is 11.6 Å². The van der Waals surface area contributed by atoms with E-state index < -0.39 is 0 Å². The molecule has 7 nitrogen and oxygen atoms in total. The summed E-state index contributed by atoms with van der Waals surface area (Å²) >= 11 is 6.07. The fourth-order valence-electron chi connectivity index (χ4n) is 1.79. The van der Waals surface area contributed by atoms with Gasteiger partial charge in [0.25, 0.3) is 5.91 Å². The molecule has 106 valence electrons. The molecule has 0 atom stereocenters. The van der Waals surface area contributed by atoms with Crippen LogP contribution in [-0.4, -0.2) is 26.1 Å². The van der Waals surface area contributed by atoms with Crippen molar-refractivity contribution in [3.8, 4) is 5.69 Å². The SMILES string of the molecule is O=C(NCc1ccco1)c1cc(-n2cnnn2)ccc1Cl. The molecule has 0 saturated heterocycles. The number of tetrazole rings is 1. The third kappa shape index (κ3) is 2.92. The quantitative estimate of drug-likeness (QED) is 0.795. The lowest BCUT2D eigenvalue weighted by atomic mass is 10.2. The maximum Gasteiger partial charge on any atom is 0.253 e. The molecular weight excluding hydrogens is 294 g/mol. The number of nitrogens with zero attached hydrogens (tertiary/aromatic N) is 4. The van der Waals surface area contributed by atoms with E-state index in [1.807, 2.05) is 0 Å². The van der Waals surface area contributed by atoms with E-state index >= 15 is 0 Å². The van der Waals surface area contributed by atoms with Crippen LogP contribution < -0.4 is 5.32 Å². The molecule has 3 aromatic rings. The zero-order chi connectivity index (χ0) is 14.7. The second-order valence-electron chi connectivity index (χ2n) is 4.18. The van der Waals surface area contributed by atoms with Crippen LogP contribution in [0.1, 0.15) is 16.1 Å². The number of halogens is 1. The molecule has 0 spiro atoms. The summed E-state index contributed by atoms with van der Waals surface area (Å²) in [5.41, 5.74) is 0.990. The Labute approximate surface area is 124 Å². The fourth-order valence-corrected chi connectivity index (χ4v) is 1.99. The average Bonchev–Trinajstić information content (AvgIpc) is 3.18. The van der Waals surface area contributed by atoms with Crippen LogP contribution in [0.5, 0.6) is 0 Å². The van der Waals surface area contributed by atoms with Crippen LogP contribution in [-0.2, 0) is 6.54 Å². The zero-order valence-corrected chi connectivity index (χ0v) is 11.5. The Morgan fingerprint density at radius 3 is 3.00 bits per heavy atom. The van der Waals surface area contributed by atoms with E-state index in [2.05, 4.69) is 20.8 Å². The van der Waals surface area contributed by atoms with Gasteiger partial charge in [-0.15, -0.1) is 5.10 Å². The highest BCUT2D eigenvalue weighted by Gasteiger charge is 2.12. The third-order valence-corrected chi connectivity index (χ3v) is 3.14. The molecule has 2 aromatic heterocycles. The van der Waals surface area contributed by atoms with Gasteiger partial charge in [0.05, 0.1) is 29.1 Å². The van der Waals surface area contributed by atoms with Crippen molar-refractivity contribution < 1.29 is 9.21 Å². The van der Waals surface area contributed by atoms with Gasteiger partial charge < -0.3 is 9.73 Å². The third-order valence-electron chi connectivity index (χ3n) is 2.81. The first-order valence-corrected chi connectivity index (χ1v) is 6.45. The summed E-state index contributed by atoms with van der Waals surface area (Å²) in [7, 11) is 0. The van der Waals surface area contributed by atoms with Crippen molar-refractivity contribution in [3.05, 3.63) is 59.3 Å². The molecule has 0 unspecified atom stereocenters. The van der Waals surface area contributed by atoms with E-state index in [4.69, 9.17) is 16.0 Å². The molecule has 21 heavy (non-hydrogen) atoms. The van der Waals surface area contributed by atoms with Gasteiger partial charge in [0.1, 0.15) is 12.1 Å². The topological polar surface area (TPSA) is 85.8 Å². The Balaban J connectivity index is 1.80. The largest absolute Gasteiger partial charge is 0.467 e. The number of aromatic nitrogens is 4. The van der Waals surface area contributed by atoms with E-state index in [1.54, 1.807) is 36.6 Å². The number of carbonyl (C=O) groups is 1. The molecule has 8 heteroatoms. The van der Waals surface area contributed by atoms with Crippen molar-refractivity contribution in [1.82, 2.24) is 25.5 Å². The zero-order valence-electron chi connectivity index (χ0n) is 10.7. The minimum absolute atomic E-state index is 0.289. The Hall–Kier alpha value is -2.67. The fraction of sp³-hybridized carbons (Fsp3) is 0.0769. The number of nitrogens with one attached hydrogen (secondary N) is 1. The van der Waals surface area contributed by atoms with Crippen molar-refractivity contribution in [2.24, 2.45) is 0 Å². The van der Waals surface area contributed by atoms with Crippen LogP contribution in [0.25, 0.3) is 5.69 Å². The molecule has 0 fully saturated rings. The summed E-state index contributed by atoms with van der Waals surface area (Å²) < 4.78 is 6.60. The Morgan fingerprint density at radius 2 is 2.29 bits per heavy atom. The van der Waals surface area contributed by atoms with Crippen LogP contribution in [0.15, 0.2) is 47.3 Å². The van der Waals surface area contributed by atoms with Crippen LogP contribution in [0.3, 0.4) is 0 Å². The van der Waals surface area contributed by atoms with Crippen molar-refractivity contribution >= 4 is 17.5 Å². The van der Waals surface area contributed by atoms with Crippen molar-refractivity contribution in [3.63, 3.8) is 0 Å². The number of benzene rings is 1. The van der Waals surface area contributed by atoms with Gasteiger partial charge >= 0.3 is 0 Å². The molecule has 1 N–H and O–H groups in total. The summed E-state index contributed by atoms with van der Waals surface area (Å²) in [5, 5.41) is 14.0. The lowest BCUT2D eigenvalue weighted by Crippen LogP contribution is -2.23. The van der Waals surface area contributed by atoms with Crippen molar-refractivity contribution in [1.29, 1.82) is 0 Å². The van der Waals surface area contributed by atoms with Crippen LogP contribution in [0, 0.1) is 0 Å².